The first-order valence-corrected chi connectivity index (χ1v) is 9.81. The van der Waals surface area contributed by atoms with Gasteiger partial charge in [0.05, 0.1) is 24.4 Å². The van der Waals surface area contributed by atoms with Crippen LogP contribution in [0.3, 0.4) is 0 Å². The Balaban J connectivity index is 1.61. The molecular formula is C20H31N3O4. The lowest BCUT2D eigenvalue weighted by Gasteiger charge is -2.52. The van der Waals surface area contributed by atoms with Crippen LogP contribution < -0.4 is 5.32 Å². The standard InChI is InChI=1S/C20H31N3O4/c1-3-26-13-12-23-10-6-20(7-11-23)15-19(2,17(24)14-27-20)22-18(25)16-4-8-21-9-5-16/h4-5,8-9,17,24H,3,6-7,10-15H2,1-2H3,(H,22,25)/t17-,19-/m1/s1. The second-order valence-corrected chi connectivity index (χ2v) is 7.83. The number of rotatable bonds is 6. The van der Waals surface area contributed by atoms with Gasteiger partial charge in [-0.2, -0.15) is 0 Å². The SMILES string of the molecule is CCOCCN1CCC2(CC1)C[C@@](C)(NC(=O)c1ccncc1)[C@H](O)CO2. The molecule has 1 spiro atoms. The molecule has 3 rings (SSSR count). The molecule has 2 fully saturated rings. The van der Waals surface area contributed by atoms with E-state index in [1.165, 1.54) is 0 Å². The smallest absolute Gasteiger partial charge is 0.251 e. The maximum absolute atomic E-state index is 12.6. The van der Waals surface area contributed by atoms with E-state index >= 15 is 0 Å². The van der Waals surface area contributed by atoms with Gasteiger partial charge in [0.2, 0.25) is 0 Å². The molecule has 1 amide bonds. The van der Waals surface area contributed by atoms with Crippen LogP contribution in [-0.2, 0) is 9.47 Å². The molecule has 2 atom stereocenters. The summed E-state index contributed by atoms with van der Waals surface area (Å²) in [6, 6.07) is 3.36. The fourth-order valence-corrected chi connectivity index (χ4v) is 4.08. The maximum Gasteiger partial charge on any atom is 0.251 e. The Labute approximate surface area is 161 Å². The molecule has 1 aromatic rings. The second-order valence-electron chi connectivity index (χ2n) is 7.83. The number of carbonyl (C=O) groups excluding carboxylic acids is 1. The van der Waals surface area contributed by atoms with E-state index < -0.39 is 11.6 Å². The van der Waals surface area contributed by atoms with E-state index in [4.69, 9.17) is 9.47 Å². The van der Waals surface area contributed by atoms with Crippen LogP contribution in [0.1, 0.15) is 43.5 Å². The summed E-state index contributed by atoms with van der Waals surface area (Å²) < 4.78 is 11.6. The number of hydrogen-bond acceptors (Lipinski definition) is 6. The highest BCUT2D eigenvalue weighted by Crippen LogP contribution is 2.39. The number of aliphatic hydroxyl groups is 1. The van der Waals surface area contributed by atoms with Gasteiger partial charge in [0.25, 0.3) is 5.91 Å². The van der Waals surface area contributed by atoms with E-state index in [-0.39, 0.29) is 18.1 Å². The first-order chi connectivity index (χ1) is 13.0. The van der Waals surface area contributed by atoms with Gasteiger partial charge in [0, 0.05) is 50.6 Å². The highest BCUT2D eigenvalue weighted by atomic mass is 16.5. The highest BCUT2D eigenvalue weighted by molar-refractivity contribution is 5.94. The Morgan fingerprint density at radius 2 is 2.11 bits per heavy atom. The van der Waals surface area contributed by atoms with Gasteiger partial charge in [-0.05, 0) is 38.8 Å². The number of nitrogens with one attached hydrogen (secondary N) is 1. The van der Waals surface area contributed by atoms with Crippen molar-refractivity contribution in [3.63, 3.8) is 0 Å². The van der Waals surface area contributed by atoms with Crippen LogP contribution in [-0.4, -0.2) is 77.6 Å². The first kappa shape index (κ1) is 20.2. The van der Waals surface area contributed by atoms with E-state index in [0.29, 0.717) is 12.0 Å². The summed E-state index contributed by atoms with van der Waals surface area (Å²) in [5.74, 6) is -0.190. The normalized spacial score (nSPS) is 28.2. The lowest BCUT2D eigenvalue weighted by molar-refractivity contribution is -0.177. The molecule has 0 unspecified atom stereocenters. The molecule has 0 bridgehead atoms. The summed E-state index contributed by atoms with van der Waals surface area (Å²) in [5.41, 5.74) is -0.460. The van der Waals surface area contributed by atoms with Crippen LogP contribution in [0.25, 0.3) is 0 Å². The third kappa shape index (κ3) is 4.85. The quantitative estimate of drug-likeness (QED) is 0.726. The fourth-order valence-electron chi connectivity index (χ4n) is 4.08. The van der Waals surface area contributed by atoms with Crippen molar-refractivity contribution in [2.24, 2.45) is 0 Å². The van der Waals surface area contributed by atoms with Crippen molar-refractivity contribution >= 4 is 5.91 Å². The van der Waals surface area contributed by atoms with Crippen molar-refractivity contribution < 1.29 is 19.4 Å². The van der Waals surface area contributed by atoms with Crippen molar-refractivity contribution in [2.75, 3.05) is 39.5 Å². The number of carbonyl (C=O) groups is 1. The van der Waals surface area contributed by atoms with Crippen LogP contribution in [0, 0.1) is 0 Å². The van der Waals surface area contributed by atoms with Gasteiger partial charge in [-0.1, -0.05) is 0 Å². The third-order valence-electron chi connectivity index (χ3n) is 5.84. The fraction of sp³-hybridized carbons (Fsp3) is 0.700. The predicted octanol–water partition coefficient (Wildman–Crippen LogP) is 1.22. The van der Waals surface area contributed by atoms with Crippen molar-refractivity contribution in [1.29, 1.82) is 0 Å². The molecule has 2 N–H and O–H groups in total. The Hall–Kier alpha value is -1.54. The zero-order chi connectivity index (χ0) is 19.3. The number of amides is 1. The number of piperidine rings is 1. The third-order valence-corrected chi connectivity index (χ3v) is 5.84. The maximum atomic E-state index is 12.6. The average Bonchev–Trinajstić information content (AvgIpc) is 2.68. The van der Waals surface area contributed by atoms with Crippen LogP contribution in [0.15, 0.2) is 24.5 Å². The number of nitrogens with zero attached hydrogens (tertiary/aromatic N) is 2. The van der Waals surface area contributed by atoms with Crippen molar-refractivity contribution in [2.45, 2.75) is 50.4 Å². The molecular weight excluding hydrogens is 346 g/mol. The number of hydrogen-bond donors (Lipinski definition) is 2. The summed E-state index contributed by atoms with van der Waals surface area (Å²) in [7, 11) is 0. The number of ether oxygens (including phenoxy) is 2. The molecule has 1 aromatic heterocycles. The molecule has 150 valence electrons. The molecule has 2 saturated heterocycles. The Kier molecular flexibility index (Phi) is 6.47. The first-order valence-electron chi connectivity index (χ1n) is 9.81. The molecule has 0 aromatic carbocycles. The number of likely N-dealkylation sites (tertiary alicyclic amines) is 1. The molecule has 3 heterocycles. The van der Waals surface area contributed by atoms with E-state index in [0.717, 1.165) is 45.7 Å². The summed E-state index contributed by atoms with van der Waals surface area (Å²) in [4.78, 5) is 19.0. The van der Waals surface area contributed by atoms with Gasteiger partial charge in [0.1, 0.15) is 6.10 Å². The topological polar surface area (TPSA) is 83.9 Å². The zero-order valence-electron chi connectivity index (χ0n) is 16.3. The monoisotopic (exact) mass is 377 g/mol. The Morgan fingerprint density at radius 1 is 1.41 bits per heavy atom. The minimum Gasteiger partial charge on any atom is -0.388 e. The second kappa shape index (κ2) is 8.65. The highest BCUT2D eigenvalue weighted by Gasteiger charge is 2.50. The number of pyridine rings is 1. The molecule has 0 saturated carbocycles. The summed E-state index contributed by atoms with van der Waals surface area (Å²) in [6.07, 6.45) is 4.86. The summed E-state index contributed by atoms with van der Waals surface area (Å²) in [6.45, 7) is 8.48. The van der Waals surface area contributed by atoms with Crippen molar-refractivity contribution in [1.82, 2.24) is 15.2 Å². The Bertz CT molecular complexity index is 619. The van der Waals surface area contributed by atoms with E-state index in [1.54, 1.807) is 24.5 Å². The van der Waals surface area contributed by atoms with Gasteiger partial charge in [-0.25, -0.2) is 0 Å². The van der Waals surface area contributed by atoms with Gasteiger partial charge in [0.15, 0.2) is 0 Å². The van der Waals surface area contributed by atoms with Crippen molar-refractivity contribution in [3.05, 3.63) is 30.1 Å². The molecule has 2 aliphatic rings. The number of aromatic nitrogens is 1. The lowest BCUT2D eigenvalue weighted by atomic mass is 9.74. The average molecular weight is 377 g/mol. The van der Waals surface area contributed by atoms with E-state index in [2.05, 4.69) is 15.2 Å². The van der Waals surface area contributed by atoms with Gasteiger partial charge >= 0.3 is 0 Å². The minimum absolute atomic E-state index is 0.190. The van der Waals surface area contributed by atoms with Crippen LogP contribution >= 0.6 is 0 Å². The van der Waals surface area contributed by atoms with Crippen LogP contribution in [0.5, 0.6) is 0 Å². The molecule has 7 nitrogen and oxygen atoms in total. The number of aliphatic hydroxyl groups excluding tert-OH is 1. The van der Waals surface area contributed by atoms with Gasteiger partial charge in [-0.3, -0.25) is 9.78 Å². The molecule has 0 aliphatic carbocycles. The van der Waals surface area contributed by atoms with Gasteiger partial charge < -0.3 is 24.8 Å². The molecule has 7 heteroatoms. The summed E-state index contributed by atoms with van der Waals surface area (Å²) >= 11 is 0. The van der Waals surface area contributed by atoms with Crippen LogP contribution in [0.4, 0.5) is 0 Å². The van der Waals surface area contributed by atoms with E-state index in [9.17, 15) is 9.90 Å². The molecule has 0 radical (unpaired) electrons. The predicted molar refractivity (Wildman–Crippen MR) is 102 cm³/mol. The Morgan fingerprint density at radius 3 is 2.78 bits per heavy atom. The van der Waals surface area contributed by atoms with Crippen molar-refractivity contribution in [3.8, 4) is 0 Å². The molecule has 2 aliphatic heterocycles. The lowest BCUT2D eigenvalue weighted by Crippen LogP contribution is -2.65. The van der Waals surface area contributed by atoms with E-state index in [1.807, 2.05) is 13.8 Å². The molecule has 27 heavy (non-hydrogen) atoms. The zero-order valence-corrected chi connectivity index (χ0v) is 16.3. The van der Waals surface area contributed by atoms with Gasteiger partial charge in [-0.15, -0.1) is 0 Å². The largest absolute Gasteiger partial charge is 0.388 e. The minimum atomic E-state index is -0.732. The summed E-state index contributed by atoms with van der Waals surface area (Å²) in [5, 5.41) is 13.6. The van der Waals surface area contributed by atoms with Crippen LogP contribution in [0.2, 0.25) is 0 Å².